The Labute approximate surface area is 162 Å². The van der Waals surface area contributed by atoms with Crippen LogP contribution in [0.15, 0.2) is 40.8 Å². The Morgan fingerprint density at radius 1 is 1.36 bits per heavy atom. The average Bonchev–Trinajstić information content (AvgIpc) is 3.11. The fourth-order valence-corrected chi connectivity index (χ4v) is 3.85. The highest BCUT2D eigenvalue weighted by atomic mass is 32.1. The molecule has 0 unspecified atom stereocenters. The van der Waals surface area contributed by atoms with Gasteiger partial charge < -0.3 is 14.5 Å². The smallest absolute Gasteiger partial charge is 0.422 e. The van der Waals surface area contributed by atoms with Crippen LogP contribution in [0.25, 0.3) is 11.1 Å². The lowest BCUT2D eigenvalue weighted by atomic mass is 10.2. The molecule has 9 heteroatoms. The first-order valence-corrected chi connectivity index (χ1v) is 9.57. The highest BCUT2D eigenvalue weighted by Crippen LogP contribution is 2.48. The predicted molar refractivity (Wildman–Crippen MR) is 97.3 cm³/mol. The monoisotopic (exact) mass is 410 g/mol. The number of rotatable bonds is 6. The van der Waals surface area contributed by atoms with Gasteiger partial charge in [-0.15, -0.1) is 11.3 Å². The Morgan fingerprint density at radius 3 is 2.89 bits per heavy atom. The van der Waals surface area contributed by atoms with E-state index in [2.05, 4.69) is 10.3 Å². The van der Waals surface area contributed by atoms with Crippen LogP contribution in [0.5, 0.6) is 5.06 Å². The number of alkyl halides is 3. The molecule has 0 bridgehead atoms. The van der Waals surface area contributed by atoms with Crippen molar-refractivity contribution in [3.63, 3.8) is 0 Å². The maximum atomic E-state index is 12.5. The minimum Gasteiger partial charge on any atom is -0.475 e. The van der Waals surface area contributed by atoms with Crippen LogP contribution in [0.1, 0.15) is 36.1 Å². The highest BCUT2D eigenvalue weighted by Gasteiger charge is 2.47. The third kappa shape index (κ3) is 4.14. The zero-order valence-electron chi connectivity index (χ0n) is 14.8. The van der Waals surface area contributed by atoms with Crippen molar-refractivity contribution in [2.75, 3.05) is 6.61 Å². The van der Waals surface area contributed by atoms with Crippen LogP contribution >= 0.6 is 11.3 Å². The summed E-state index contributed by atoms with van der Waals surface area (Å²) in [6, 6.07) is 10.2. The number of aromatic nitrogens is 1. The van der Waals surface area contributed by atoms with Gasteiger partial charge in [-0.25, -0.2) is 4.98 Å². The zero-order chi connectivity index (χ0) is 19.9. The summed E-state index contributed by atoms with van der Waals surface area (Å²) in [6.07, 6.45) is -3.72. The summed E-state index contributed by atoms with van der Waals surface area (Å²) in [4.78, 5) is 17.7. The number of fused-ring (bicyclic) bond motifs is 1. The number of hydrogen-bond donors (Lipinski definition) is 1. The topological polar surface area (TPSA) is 64.4 Å². The molecule has 1 fully saturated rings. The van der Waals surface area contributed by atoms with Crippen molar-refractivity contribution in [3.05, 3.63) is 47.2 Å². The van der Waals surface area contributed by atoms with E-state index in [9.17, 15) is 18.0 Å². The summed E-state index contributed by atoms with van der Waals surface area (Å²) < 4.78 is 47.1. The quantitative estimate of drug-likeness (QED) is 0.633. The van der Waals surface area contributed by atoms with E-state index in [0.717, 1.165) is 21.7 Å². The number of nitrogens with one attached hydrogen (secondary N) is 1. The number of para-hydroxylation sites is 2. The molecular weight excluding hydrogens is 393 g/mol. The summed E-state index contributed by atoms with van der Waals surface area (Å²) >= 11 is 1.09. The predicted octanol–water partition coefficient (Wildman–Crippen LogP) is 4.81. The van der Waals surface area contributed by atoms with Gasteiger partial charge in [0.05, 0.1) is 12.0 Å². The van der Waals surface area contributed by atoms with Gasteiger partial charge in [-0.1, -0.05) is 12.1 Å². The van der Waals surface area contributed by atoms with E-state index in [1.165, 1.54) is 6.07 Å². The molecule has 0 aliphatic heterocycles. The summed E-state index contributed by atoms with van der Waals surface area (Å²) in [7, 11) is 0. The average molecular weight is 410 g/mol. The maximum absolute atomic E-state index is 12.5. The summed E-state index contributed by atoms with van der Waals surface area (Å²) in [5.74, 6) is 0.184. The van der Waals surface area contributed by atoms with Crippen molar-refractivity contribution in [1.82, 2.24) is 10.3 Å². The van der Waals surface area contributed by atoms with Gasteiger partial charge in [0, 0.05) is 10.8 Å². The summed E-state index contributed by atoms with van der Waals surface area (Å²) in [6.45, 7) is 0.454. The standard InChI is InChI=1S/C19H17F3N2O3S/c1-10(15-6-7-16(28-15)26-9-19(20,21)22)23-17(25)11-8-12(11)18-24-13-4-2-3-5-14(13)27-18/h2-7,10-12H,8-9H2,1H3,(H,23,25)/t10-,11-,12-/m1/s1. The molecule has 1 N–H and O–H groups in total. The van der Waals surface area contributed by atoms with Crippen molar-refractivity contribution < 1.29 is 27.1 Å². The van der Waals surface area contributed by atoms with Gasteiger partial charge in [0.1, 0.15) is 5.52 Å². The second-order valence-electron chi connectivity index (χ2n) is 6.76. The number of carbonyl (C=O) groups excluding carboxylic acids is 1. The number of carbonyl (C=O) groups is 1. The molecule has 1 amide bonds. The Kier molecular flexibility index (Phi) is 4.78. The number of oxazole rings is 1. The molecule has 0 spiro atoms. The second kappa shape index (κ2) is 7.12. The molecule has 3 atom stereocenters. The fraction of sp³-hybridized carbons (Fsp3) is 0.368. The number of nitrogens with zero attached hydrogens (tertiary/aromatic N) is 1. The first-order valence-electron chi connectivity index (χ1n) is 8.75. The molecule has 1 aromatic carbocycles. The molecule has 1 aliphatic rings. The minimum atomic E-state index is -4.38. The first-order chi connectivity index (χ1) is 13.3. The molecule has 1 saturated carbocycles. The van der Waals surface area contributed by atoms with Crippen LogP contribution in [0.4, 0.5) is 13.2 Å². The van der Waals surface area contributed by atoms with Crippen molar-refractivity contribution >= 4 is 28.3 Å². The van der Waals surface area contributed by atoms with E-state index in [1.54, 1.807) is 13.0 Å². The van der Waals surface area contributed by atoms with Crippen molar-refractivity contribution in [2.45, 2.75) is 31.5 Å². The molecule has 1 aliphatic carbocycles. The van der Waals surface area contributed by atoms with Crippen LogP contribution in [0.2, 0.25) is 0 Å². The first kappa shape index (κ1) is 18.8. The Hall–Kier alpha value is -2.55. The van der Waals surface area contributed by atoms with Gasteiger partial charge in [0.25, 0.3) is 0 Å². The van der Waals surface area contributed by atoms with Crippen molar-refractivity contribution in [3.8, 4) is 5.06 Å². The molecule has 3 aromatic rings. The molecule has 2 aromatic heterocycles. The molecule has 148 valence electrons. The number of amides is 1. The molecule has 0 radical (unpaired) electrons. The lowest BCUT2D eigenvalue weighted by Gasteiger charge is -2.12. The molecule has 0 saturated heterocycles. The molecular formula is C19H17F3N2O3S. The van der Waals surface area contributed by atoms with Crippen LogP contribution in [0.3, 0.4) is 0 Å². The van der Waals surface area contributed by atoms with E-state index in [-0.39, 0.29) is 28.8 Å². The Morgan fingerprint density at radius 2 is 2.14 bits per heavy atom. The van der Waals surface area contributed by atoms with Crippen LogP contribution < -0.4 is 10.1 Å². The van der Waals surface area contributed by atoms with Crippen LogP contribution in [-0.2, 0) is 4.79 Å². The third-order valence-electron chi connectivity index (χ3n) is 4.52. The van der Waals surface area contributed by atoms with E-state index in [1.807, 2.05) is 24.3 Å². The van der Waals surface area contributed by atoms with Gasteiger partial charge in [-0.05, 0) is 37.6 Å². The normalized spacial score (nSPS) is 20.1. The SMILES string of the molecule is C[C@@H](NC(=O)[C@@H]1C[C@H]1c1nc2ccccc2o1)c1ccc(OCC(F)(F)F)s1. The zero-order valence-corrected chi connectivity index (χ0v) is 15.6. The molecule has 5 nitrogen and oxygen atoms in total. The van der Waals surface area contributed by atoms with Gasteiger partial charge in [0.2, 0.25) is 5.91 Å². The van der Waals surface area contributed by atoms with Crippen molar-refractivity contribution in [1.29, 1.82) is 0 Å². The van der Waals surface area contributed by atoms with E-state index >= 15 is 0 Å². The van der Waals surface area contributed by atoms with Crippen molar-refractivity contribution in [2.24, 2.45) is 5.92 Å². The summed E-state index contributed by atoms with van der Waals surface area (Å²) in [5, 5.41) is 3.07. The minimum absolute atomic E-state index is 0.0476. The lowest BCUT2D eigenvalue weighted by molar-refractivity contribution is -0.152. The van der Waals surface area contributed by atoms with Crippen LogP contribution in [0, 0.1) is 5.92 Å². The van der Waals surface area contributed by atoms with Gasteiger partial charge in [0.15, 0.2) is 23.1 Å². The Bertz CT molecular complexity index is 965. The van der Waals surface area contributed by atoms with Gasteiger partial charge in [-0.2, -0.15) is 13.2 Å². The van der Waals surface area contributed by atoms with Crippen LogP contribution in [-0.4, -0.2) is 23.7 Å². The number of hydrogen-bond acceptors (Lipinski definition) is 5. The number of ether oxygens (including phenoxy) is 1. The number of thiophene rings is 1. The lowest BCUT2D eigenvalue weighted by Crippen LogP contribution is -2.27. The van der Waals surface area contributed by atoms with Gasteiger partial charge >= 0.3 is 6.18 Å². The van der Waals surface area contributed by atoms with E-state index in [0.29, 0.717) is 17.9 Å². The second-order valence-corrected chi connectivity index (χ2v) is 7.84. The Balaban J connectivity index is 1.33. The molecule has 4 rings (SSSR count). The molecule has 28 heavy (non-hydrogen) atoms. The maximum Gasteiger partial charge on any atom is 0.422 e. The number of benzene rings is 1. The van der Waals surface area contributed by atoms with E-state index in [4.69, 9.17) is 9.15 Å². The largest absolute Gasteiger partial charge is 0.475 e. The molecule has 2 heterocycles. The summed E-state index contributed by atoms with van der Waals surface area (Å²) in [5.41, 5.74) is 1.46. The fourth-order valence-electron chi connectivity index (χ4n) is 3.00. The number of halogens is 3. The van der Waals surface area contributed by atoms with E-state index < -0.39 is 12.8 Å². The highest BCUT2D eigenvalue weighted by molar-refractivity contribution is 7.13. The van der Waals surface area contributed by atoms with Gasteiger partial charge in [-0.3, -0.25) is 4.79 Å². The third-order valence-corrected chi connectivity index (χ3v) is 5.70.